The first-order valence-electron chi connectivity index (χ1n) is 7.96. The Kier molecular flexibility index (Phi) is 5.73. The maximum Gasteiger partial charge on any atom is 0.253 e. The van der Waals surface area contributed by atoms with Gasteiger partial charge in [0.2, 0.25) is 5.91 Å². The molecule has 6 heteroatoms. The van der Waals surface area contributed by atoms with Gasteiger partial charge in [0.15, 0.2) is 0 Å². The van der Waals surface area contributed by atoms with E-state index in [1.54, 1.807) is 46.9 Å². The van der Waals surface area contributed by atoms with E-state index in [0.29, 0.717) is 25.1 Å². The molecule has 0 aliphatic heterocycles. The van der Waals surface area contributed by atoms with Crippen molar-refractivity contribution in [2.45, 2.75) is 19.9 Å². The Morgan fingerprint density at radius 2 is 1.79 bits per heavy atom. The summed E-state index contributed by atoms with van der Waals surface area (Å²) in [6, 6.07) is 7.40. The van der Waals surface area contributed by atoms with Crippen molar-refractivity contribution in [2.75, 3.05) is 20.6 Å². The number of rotatable bonds is 6. The van der Waals surface area contributed by atoms with Crippen molar-refractivity contribution in [3.63, 3.8) is 0 Å². The van der Waals surface area contributed by atoms with Crippen LogP contribution in [0.5, 0.6) is 0 Å². The monoisotopic (exact) mass is 328 g/mol. The van der Waals surface area contributed by atoms with Gasteiger partial charge >= 0.3 is 0 Å². The zero-order chi connectivity index (χ0) is 17.7. The lowest BCUT2D eigenvalue weighted by Gasteiger charge is -2.21. The summed E-state index contributed by atoms with van der Waals surface area (Å²) < 4.78 is 1.69. The molecule has 0 unspecified atom stereocenters. The molecule has 6 nitrogen and oxygen atoms in total. The summed E-state index contributed by atoms with van der Waals surface area (Å²) in [7, 11) is 5.29. The van der Waals surface area contributed by atoms with E-state index in [-0.39, 0.29) is 11.8 Å². The summed E-state index contributed by atoms with van der Waals surface area (Å²) in [6.07, 6.45) is 3.92. The van der Waals surface area contributed by atoms with Crippen molar-refractivity contribution in [3.8, 4) is 0 Å². The number of benzene rings is 1. The highest BCUT2D eigenvalue weighted by atomic mass is 16.2. The van der Waals surface area contributed by atoms with E-state index in [1.807, 2.05) is 32.3 Å². The molecule has 0 fully saturated rings. The summed E-state index contributed by atoms with van der Waals surface area (Å²) in [4.78, 5) is 27.7. The Hall–Kier alpha value is -2.63. The lowest BCUT2D eigenvalue weighted by atomic mass is 10.1. The molecule has 2 rings (SSSR count). The lowest BCUT2D eigenvalue weighted by molar-refractivity contribution is -0.130. The summed E-state index contributed by atoms with van der Waals surface area (Å²) in [5.41, 5.74) is 2.56. The molecule has 0 aliphatic rings. The van der Waals surface area contributed by atoms with Crippen LogP contribution in [0, 0.1) is 0 Å². The zero-order valence-electron chi connectivity index (χ0n) is 14.7. The van der Waals surface area contributed by atoms with Crippen LogP contribution >= 0.6 is 0 Å². The van der Waals surface area contributed by atoms with E-state index in [2.05, 4.69) is 5.10 Å². The van der Waals surface area contributed by atoms with E-state index in [4.69, 9.17) is 0 Å². The van der Waals surface area contributed by atoms with Crippen LogP contribution in [0.1, 0.15) is 28.4 Å². The first-order chi connectivity index (χ1) is 11.4. The molecule has 0 N–H and O–H groups in total. The fourth-order valence-corrected chi connectivity index (χ4v) is 2.46. The first kappa shape index (κ1) is 17.7. The second-order valence-electron chi connectivity index (χ2n) is 6.00. The van der Waals surface area contributed by atoms with Crippen molar-refractivity contribution in [1.82, 2.24) is 19.6 Å². The minimum absolute atomic E-state index is 0.0263. The summed E-state index contributed by atoms with van der Waals surface area (Å²) in [5.74, 6) is 0.0421. The van der Waals surface area contributed by atoms with E-state index < -0.39 is 0 Å². The van der Waals surface area contributed by atoms with Gasteiger partial charge in [-0.2, -0.15) is 5.10 Å². The number of aryl methyl sites for hydroxylation is 1. The minimum Gasteiger partial charge on any atom is -0.345 e. The number of hydrogen-bond acceptors (Lipinski definition) is 3. The second kappa shape index (κ2) is 7.77. The summed E-state index contributed by atoms with van der Waals surface area (Å²) >= 11 is 0. The average Bonchev–Trinajstić information content (AvgIpc) is 2.97. The highest BCUT2D eigenvalue weighted by Crippen LogP contribution is 2.11. The summed E-state index contributed by atoms with van der Waals surface area (Å²) in [6.45, 7) is 3.13. The minimum atomic E-state index is -0.0263. The van der Waals surface area contributed by atoms with Crippen LogP contribution in [0.25, 0.3) is 0 Å². The van der Waals surface area contributed by atoms with E-state index in [0.717, 1.165) is 11.1 Å². The molecule has 2 amide bonds. The third-order valence-electron chi connectivity index (χ3n) is 3.83. The van der Waals surface area contributed by atoms with Crippen LogP contribution in [0.2, 0.25) is 0 Å². The van der Waals surface area contributed by atoms with Gasteiger partial charge in [-0.3, -0.25) is 14.3 Å². The van der Waals surface area contributed by atoms with Crippen molar-refractivity contribution in [3.05, 3.63) is 53.3 Å². The van der Waals surface area contributed by atoms with Gasteiger partial charge < -0.3 is 9.80 Å². The first-order valence-corrected chi connectivity index (χ1v) is 7.96. The number of carbonyl (C=O) groups is 2. The maximum atomic E-state index is 12.4. The van der Waals surface area contributed by atoms with Crippen LogP contribution in [0.3, 0.4) is 0 Å². The average molecular weight is 328 g/mol. The molecular formula is C18H24N4O2. The molecule has 0 bridgehead atoms. The van der Waals surface area contributed by atoms with Crippen LogP contribution in [-0.2, 0) is 24.8 Å². The number of carbonyl (C=O) groups excluding carboxylic acids is 2. The largest absolute Gasteiger partial charge is 0.345 e. The molecule has 0 aliphatic carbocycles. The maximum absolute atomic E-state index is 12.4. The molecule has 128 valence electrons. The van der Waals surface area contributed by atoms with E-state index >= 15 is 0 Å². The number of nitrogens with zero attached hydrogens (tertiary/aromatic N) is 4. The van der Waals surface area contributed by atoms with E-state index in [1.165, 1.54) is 0 Å². The quantitative estimate of drug-likeness (QED) is 0.811. The van der Waals surface area contributed by atoms with Gasteiger partial charge in [-0.1, -0.05) is 12.1 Å². The molecule has 0 atom stereocenters. The van der Waals surface area contributed by atoms with Crippen LogP contribution in [-0.4, -0.2) is 52.0 Å². The molecule has 24 heavy (non-hydrogen) atoms. The van der Waals surface area contributed by atoms with Crippen LogP contribution in [0.15, 0.2) is 36.7 Å². The second-order valence-corrected chi connectivity index (χ2v) is 6.00. The number of hydrogen-bond donors (Lipinski definition) is 0. The van der Waals surface area contributed by atoms with Crippen molar-refractivity contribution < 1.29 is 9.59 Å². The summed E-state index contributed by atoms with van der Waals surface area (Å²) in [5, 5.41) is 4.09. The van der Waals surface area contributed by atoms with Crippen LogP contribution in [0.4, 0.5) is 0 Å². The van der Waals surface area contributed by atoms with Gasteiger partial charge in [0.05, 0.1) is 12.6 Å². The zero-order valence-corrected chi connectivity index (χ0v) is 14.7. The van der Waals surface area contributed by atoms with Gasteiger partial charge in [-0.15, -0.1) is 0 Å². The molecule has 1 aromatic heterocycles. The molecule has 0 saturated carbocycles. The Labute approximate surface area is 142 Å². The smallest absolute Gasteiger partial charge is 0.253 e. The Balaban J connectivity index is 2.01. The Bertz CT molecular complexity index is 704. The highest BCUT2D eigenvalue weighted by Gasteiger charge is 2.14. The van der Waals surface area contributed by atoms with Crippen LogP contribution < -0.4 is 0 Å². The fourth-order valence-electron chi connectivity index (χ4n) is 2.46. The fraction of sp³-hybridized carbons (Fsp3) is 0.389. The van der Waals surface area contributed by atoms with E-state index in [9.17, 15) is 9.59 Å². The topological polar surface area (TPSA) is 58.4 Å². The standard InChI is InChI=1S/C18H24N4O2/c1-5-22(17(23)10-15-11-19-21(4)12-15)13-14-6-8-16(9-7-14)18(24)20(2)3/h6-9,11-12H,5,10,13H2,1-4H3. The lowest BCUT2D eigenvalue weighted by Crippen LogP contribution is -2.31. The Morgan fingerprint density at radius 1 is 1.12 bits per heavy atom. The van der Waals surface area contributed by atoms with Gasteiger partial charge in [-0.05, 0) is 30.2 Å². The van der Waals surface area contributed by atoms with Crippen molar-refractivity contribution in [2.24, 2.45) is 7.05 Å². The third kappa shape index (κ3) is 4.44. The van der Waals surface area contributed by atoms with Crippen molar-refractivity contribution in [1.29, 1.82) is 0 Å². The van der Waals surface area contributed by atoms with Gasteiger partial charge in [-0.25, -0.2) is 0 Å². The molecule has 2 aromatic rings. The molecule has 0 saturated heterocycles. The third-order valence-corrected chi connectivity index (χ3v) is 3.83. The molecule has 1 aromatic carbocycles. The predicted molar refractivity (Wildman–Crippen MR) is 92.5 cm³/mol. The molecule has 1 heterocycles. The molecular weight excluding hydrogens is 304 g/mol. The number of aromatic nitrogens is 2. The van der Waals surface area contributed by atoms with Gasteiger partial charge in [0.25, 0.3) is 5.91 Å². The van der Waals surface area contributed by atoms with Gasteiger partial charge in [0.1, 0.15) is 0 Å². The normalized spacial score (nSPS) is 10.5. The predicted octanol–water partition coefficient (Wildman–Crippen LogP) is 1.71. The number of amides is 2. The molecule has 0 spiro atoms. The SMILES string of the molecule is CCN(Cc1ccc(C(=O)N(C)C)cc1)C(=O)Cc1cnn(C)c1. The Morgan fingerprint density at radius 3 is 2.29 bits per heavy atom. The van der Waals surface area contributed by atoms with Gasteiger partial charge in [0, 0.05) is 46.0 Å². The molecule has 0 radical (unpaired) electrons. The van der Waals surface area contributed by atoms with Crippen molar-refractivity contribution >= 4 is 11.8 Å². The number of likely N-dealkylation sites (N-methyl/N-ethyl adjacent to an activating group) is 1. The highest BCUT2D eigenvalue weighted by molar-refractivity contribution is 5.93.